The lowest BCUT2D eigenvalue weighted by atomic mass is 10.1. The molecule has 0 fully saturated rings. The van der Waals surface area contributed by atoms with Gasteiger partial charge in [0.05, 0.1) is 5.02 Å². The molecule has 2 aromatic rings. The molecule has 0 aliphatic carbocycles. The summed E-state index contributed by atoms with van der Waals surface area (Å²) >= 11 is 8.18. The Morgan fingerprint density at radius 1 is 1.00 bits per heavy atom. The summed E-state index contributed by atoms with van der Waals surface area (Å²) in [6.45, 7) is 7.34. The summed E-state index contributed by atoms with van der Waals surface area (Å²) in [5.74, 6) is 0.945. The second-order valence-corrected chi connectivity index (χ2v) is 7.57. The molecular formula is C18H22ClNS. The molecule has 0 heterocycles. The molecule has 21 heavy (non-hydrogen) atoms. The fourth-order valence-corrected chi connectivity index (χ4v) is 3.12. The van der Waals surface area contributed by atoms with Crippen molar-refractivity contribution in [2.45, 2.75) is 43.5 Å². The third-order valence-electron chi connectivity index (χ3n) is 3.06. The Hall–Kier alpha value is -0.960. The van der Waals surface area contributed by atoms with Crippen LogP contribution in [0, 0.1) is 0 Å². The first-order chi connectivity index (χ1) is 9.94. The molecule has 2 aromatic carbocycles. The average molecular weight is 320 g/mol. The van der Waals surface area contributed by atoms with E-state index in [2.05, 4.69) is 68.6 Å². The maximum Gasteiger partial charge on any atom is 0.0545 e. The summed E-state index contributed by atoms with van der Waals surface area (Å²) in [7, 11) is 0. The van der Waals surface area contributed by atoms with Gasteiger partial charge in [0.2, 0.25) is 0 Å². The number of hydrogen-bond donors (Lipinski definition) is 1. The molecule has 0 atom stereocenters. The summed E-state index contributed by atoms with van der Waals surface area (Å²) in [5, 5.41) is 4.31. The Morgan fingerprint density at radius 2 is 1.71 bits per heavy atom. The van der Waals surface area contributed by atoms with Crippen LogP contribution in [-0.2, 0) is 12.3 Å². The van der Waals surface area contributed by atoms with Gasteiger partial charge in [-0.1, -0.05) is 48.0 Å². The Balaban J connectivity index is 1.96. The van der Waals surface area contributed by atoms with Crippen LogP contribution >= 0.6 is 23.4 Å². The molecular weight excluding hydrogens is 298 g/mol. The van der Waals surface area contributed by atoms with Crippen LogP contribution in [0.25, 0.3) is 0 Å². The summed E-state index contributed by atoms with van der Waals surface area (Å²) in [5.41, 5.74) is 2.66. The van der Waals surface area contributed by atoms with E-state index in [0.717, 1.165) is 22.2 Å². The number of halogens is 1. The highest BCUT2D eigenvalue weighted by atomic mass is 35.5. The highest BCUT2D eigenvalue weighted by molar-refractivity contribution is 7.98. The molecule has 3 heteroatoms. The quantitative estimate of drug-likeness (QED) is 0.728. The molecule has 0 spiro atoms. The molecule has 0 unspecified atom stereocenters. The normalized spacial score (nSPS) is 11.6. The van der Waals surface area contributed by atoms with Gasteiger partial charge in [0, 0.05) is 22.7 Å². The van der Waals surface area contributed by atoms with Crippen molar-refractivity contribution in [3.63, 3.8) is 0 Å². The average Bonchev–Trinajstić information content (AvgIpc) is 2.44. The van der Waals surface area contributed by atoms with E-state index in [4.69, 9.17) is 11.6 Å². The van der Waals surface area contributed by atoms with Crippen molar-refractivity contribution >= 4 is 23.4 Å². The number of thioether (sulfide) groups is 1. The Morgan fingerprint density at radius 3 is 2.33 bits per heavy atom. The SMILES string of the molecule is CC(C)(C)NCc1ccc(SCc2ccccc2)c(Cl)c1. The van der Waals surface area contributed by atoms with Crippen LogP contribution in [0.5, 0.6) is 0 Å². The van der Waals surface area contributed by atoms with E-state index in [9.17, 15) is 0 Å². The molecule has 0 saturated carbocycles. The molecule has 0 aromatic heterocycles. The molecule has 1 nitrogen and oxygen atoms in total. The van der Waals surface area contributed by atoms with Crippen LogP contribution in [0.3, 0.4) is 0 Å². The first-order valence-corrected chi connectivity index (χ1v) is 8.50. The van der Waals surface area contributed by atoms with Crippen molar-refractivity contribution in [3.8, 4) is 0 Å². The molecule has 0 amide bonds. The number of nitrogens with one attached hydrogen (secondary N) is 1. The summed E-state index contributed by atoms with van der Waals surface area (Å²) in [4.78, 5) is 1.14. The number of benzene rings is 2. The maximum absolute atomic E-state index is 6.40. The predicted octanol–water partition coefficient (Wildman–Crippen LogP) is 5.52. The van der Waals surface area contributed by atoms with Crippen LogP contribution in [0.15, 0.2) is 53.4 Å². The van der Waals surface area contributed by atoms with Crippen LogP contribution in [0.4, 0.5) is 0 Å². The van der Waals surface area contributed by atoms with Crippen molar-refractivity contribution in [2.75, 3.05) is 0 Å². The lowest BCUT2D eigenvalue weighted by molar-refractivity contribution is 0.424. The van der Waals surface area contributed by atoms with Crippen LogP contribution in [0.2, 0.25) is 5.02 Å². The largest absolute Gasteiger partial charge is 0.308 e. The van der Waals surface area contributed by atoms with E-state index in [1.165, 1.54) is 11.1 Å². The molecule has 1 N–H and O–H groups in total. The van der Waals surface area contributed by atoms with Crippen molar-refractivity contribution in [1.82, 2.24) is 5.32 Å². The van der Waals surface area contributed by atoms with Gasteiger partial charge >= 0.3 is 0 Å². The second-order valence-electron chi connectivity index (χ2n) is 6.14. The van der Waals surface area contributed by atoms with E-state index in [1.54, 1.807) is 11.8 Å². The van der Waals surface area contributed by atoms with Gasteiger partial charge in [-0.05, 0) is 44.0 Å². The third-order valence-corrected chi connectivity index (χ3v) is 4.63. The Kier molecular flexibility index (Phi) is 5.74. The zero-order valence-electron chi connectivity index (χ0n) is 12.8. The number of hydrogen-bond acceptors (Lipinski definition) is 2. The summed E-state index contributed by atoms with van der Waals surface area (Å²) < 4.78 is 0. The Labute approximate surface area is 137 Å². The molecule has 2 rings (SSSR count). The first kappa shape index (κ1) is 16.4. The lowest BCUT2D eigenvalue weighted by Gasteiger charge is -2.20. The van der Waals surface area contributed by atoms with Gasteiger partial charge < -0.3 is 5.32 Å². The van der Waals surface area contributed by atoms with Gasteiger partial charge in [0.15, 0.2) is 0 Å². The maximum atomic E-state index is 6.40. The summed E-state index contributed by atoms with van der Waals surface area (Å²) in [6, 6.07) is 16.8. The predicted molar refractivity (Wildman–Crippen MR) is 94.0 cm³/mol. The minimum atomic E-state index is 0.118. The van der Waals surface area contributed by atoms with Gasteiger partial charge in [0.25, 0.3) is 0 Å². The van der Waals surface area contributed by atoms with E-state index >= 15 is 0 Å². The van der Waals surface area contributed by atoms with Crippen LogP contribution < -0.4 is 5.32 Å². The van der Waals surface area contributed by atoms with E-state index in [1.807, 2.05) is 6.07 Å². The van der Waals surface area contributed by atoms with Gasteiger partial charge in [-0.25, -0.2) is 0 Å². The molecule has 112 valence electrons. The van der Waals surface area contributed by atoms with Crippen molar-refractivity contribution in [2.24, 2.45) is 0 Å². The van der Waals surface area contributed by atoms with Gasteiger partial charge in [-0.2, -0.15) is 0 Å². The topological polar surface area (TPSA) is 12.0 Å². The smallest absolute Gasteiger partial charge is 0.0545 e. The zero-order valence-corrected chi connectivity index (χ0v) is 14.4. The molecule has 0 bridgehead atoms. The summed E-state index contributed by atoms with van der Waals surface area (Å²) in [6.07, 6.45) is 0. The van der Waals surface area contributed by atoms with E-state index in [-0.39, 0.29) is 5.54 Å². The van der Waals surface area contributed by atoms with Crippen LogP contribution in [-0.4, -0.2) is 5.54 Å². The number of rotatable bonds is 5. The van der Waals surface area contributed by atoms with Gasteiger partial charge in [-0.15, -0.1) is 11.8 Å². The monoisotopic (exact) mass is 319 g/mol. The lowest BCUT2D eigenvalue weighted by Crippen LogP contribution is -2.35. The minimum Gasteiger partial charge on any atom is -0.308 e. The van der Waals surface area contributed by atoms with Crippen molar-refractivity contribution < 1.29 is 0 Å². The highest BCUT2D eigenvalue weighted by Crippen LogP contribution is 2.30. The van der Waals surface area contributed by atoms with Crippen molar-refractivity contribution in [3.05, 3.63) is 64.7 Å². The fraction of sp³-hybridized carbons (Fsp3) is 0.333. The minimum absolute atomic E-state index is 0.118. The Bertz CT molecular complexity index is 576. The molecule has 0 aliphatic rings. The second kappa shape index (κ2) is 7.35. The molecule has 0 aliphatic heterocycles. The van der Waals surface area contributed by atoms with Crippen molar-refractivity contribution in [1.29, 1.82) is 0 Å². The first-order valence-electron chi connectivity index (χ1n) is 7.14. The molecule has 0 saturated heterocycles. The van der Waals surface area contributed by atoms with E-state index in [0.29, 0.717) is 0 Å². The van der Waals surface area contributed by atoms with Crippen LogP contribution in [0.1, 0.15) is 31.9 Å². The zero-order chi connectivity index (χ0) is 15.3. The fourth-order valence-electron chi connectivity index (χ4n) is 1.87. The van der Waals surface area contributed by atoms with Gasteiger partial charge in [0.1, 0.15) is 0 Å². The van der Waals surface area contributed by atoms with E-state index < -0.39 is 0 Å². The standard InChI is InChI=1S/C18H22ClNS/c1-18(2,3)20-12-15-9-10-17(16(19)11-15)21-13-14-7-5-4-6-8-14/h4-11,20H,12-13H2,1-3H3. The highest BCUT2D eigenvalue weighted by Gasteiger charge is 2.09. The third kappa shape index (κ3) is 5.74. The van der Waals surface area contributed by atoms with Gasteiger partial charge in [-0.3, -0.25) is 0 Å². The molecule has 0 radical (unpaired) electrons.